The van der Waals surface area contributed by atoms with Crippen molar-refractivity contribution in [1.29, 1.82) is 0 Å². The zero-order valence-corrected chi connectivity index (χ0v) is 20.8. The van der Waals surface area contributed by atoms with Gasteiger partial charge in [0.1, 0.15) is 4.88 Å². The monoisotopic (exact) mass is 452 g/mol. The standard InChI is InChI=1S/C27H32O2S2/c1-18-16-23(30-15-7-6-8-22-13-14-24(31-22)26(28)29)17-19(2)25(18)20-9-11-21(12-10-20)27(3,4)5/h9-14,16-17H,6-8,15H2,1-5H3,(H,28,29). The van der Waals surface area contributed by atoms with Crippen LogP contribution in [0.15, 0.2) is 53.4 Å². The van der Waals surface area contributed by atoms with E-state index in [1.54, 1.807) is 6.07 Å². The van der Waals surface area contributed by atoms with Crippen molar-refractivity contribution >= 4 is 29.1 Å². The second-order valence-corrected chi connectivity index (χ2v) is 11.5. The maximum absolute atomic E-state index is 11.0. The summed E-state index contributed by atoms with van der Waals surface area (Å²) in [6.45, 7) is 11.2. The highest BCUT2D eigenvalue weighted by Crippen LogP contribution is 2.33. The summed E-state index contributed by atoms with van der Waals surface area (Å²) in [5.74, 6) is 0.251. The fourth-order valence-corrected chi connectivity index (χ4v) is 5.81. The van der Waals surface area contributed by atoms with Crippen molar-refractivity contribution < 1.29 is 9.90 Å². The predicted octanol–water partition coefficient (Wildman–Crippen LogP) is 8.14. The number of carbonyl (C=O) groups is 1. The lowest BCUT2D eigenvalue weighted by molar-refractivity contribution is 0.0702. The maximum atomic E-state index is 11.0. The van der Waals surface area contributed by atoms with Crippen LogP contribution in [0.2, 0.25) is 0 Å². The fraction of sp³-hybridized carbons (Fsp3) is 0.370. The molecule has 31 heavy (non-hydrogen) atoms. The molecule has 0 spiro atoms. The molecule has 1 aromatic heterocycles. The van der Waals surface area contributed by atoms with Gasteiger partial charge in [0.05, 0.1) is 0 Å². The van der Waals surface area contributed by atoms with Gasteiger partial charge in [0, 0.05) is 9.77 Å². The van der Waals surface area contributed by atoms with Crippen molar-refractivity contribution in [2.75, 3.05) is 5.75 Å². The summed E-state index contributed by atoms with van der Waals surface area (Å²) in [7, 11) is 0. The fourth-order valence-electron chi connectivity index (χ4n) is 3.82. The molecule has 1 N–H and O–H groups in total. The lowest BCUT2D eigenvalue weighted by Crippen LogP contribution is -2.10. The van der Waals surface area contributed by atoms with Gasteiger partial charge in [-0.05, 0) is 96.4 Å². The molecule has 3 aromatic rings. The first kappa shape index (κ1) is 23.6. The van der Waals surface area contributed by atoms with E-state index < -0.39 is 5.97 Å². The quantitative estimate of drug-likeness (QED) is 0.277. The number of carboxylic acids is 1. The Morgan fingerprint density at radius 3 is 2.16 bits per heavy atom. The van der Waals surface area contributed by atoms with Crippen LogP contribution in [0, 0.1) is 13.8 Å². The lowest BCUT2D eigenvalue weighted by Gasteiger charge is -2.20. The molecule has 0 atom stereocenters. The topological polar surface area (TPSA) is 37.3 Å². The van der Waals surface area contributed by atoms with E-state index in [0.717, 1.165) is 29.9 Å². The Hall–Kier alpha value is -2.04. The number of carboxylic acid groups (broad SMARTS) is 1. The van der Waals surface area contributed by atoms with Gasteiger partial charge in [-0.1, -0.05) is 45.0 Å². The molecule has 3 rings (SSSR count). The van der Waals surface area contributed by atoms with Crippen molar-refractivity contribution in [1.82, 2.24) is 0 Å². The highest BCUT2D eigenvalue weighted by atomic mass is 32.2. The zero-order valence-electron chi connectivity index (χ0n) is 19.1. The maximum Gasteiger partial charge on any atom is 0.345 e. The minimum Gasteiger partial charge on any atom is -0.477 e. The average molecular weight is 453 g/mol. The van der Waals surface area contributed by atoms with Crippen LogP contribution in [0.25, 0.3) is 11.1 Å². The van der Waals surface area contributed by atoms with E-state index in [9.17, 15) is 4.79 Å². The van der Waals surface area contributed by atoms with Gasteiger partial charge < -0.3 is 5.11 Å². The average Bonchev–Trinajstić information content (AvgIpc) is 3.16. The molecule has 0 fully saturated rings. The highest BCUT2D eigenvalue weighted by molar-refractivity contribution is 7.99. The minimum absolute atomic E-state index is 0.172. The first-order valence-electron chi connectivity index (χ1n) is 10.8. The normalized spacial score (nSPS) is 11.6. The van der Waals surface area contributed by atoms with Crippen LogP contribution in [0.4, 0.5) is 0 Å². The first-order chi connectivity index (χ1) is 14.6. The number of hydrogen-bond donors (Lipinski definition) is 1. The Morgan fingerprint density at radius 1 is 0.968 bits per heavy atom. The second kappa shape index (κ2) is 10.1. The molecule has 0 unspecified atom stereocenters. The molecule has 0 bridgehead atoms. The summed E-state index contributed by atoms with van der Waals surface area (Å²) in [5.41, 5.74) is 6.82. The van der Waals surface area contributed by atoms with E-state index in [4.69, 9.17) is 5.11 Å². The van der Waals surface area contributed by atoms with Crippen molar-refractivity contribution in [3.63, 3.8) is 0 Å². The Labute approximate surface area is 194 Å². The Balaban J connectivity index is 1.57. The molecule has 0 aliphatic carbocycles. The van der Waals surface area contributed by atoms with E-state index >= 15 is 0 Å². The van der Waals surface area contributed by atoms with Crippen LogP contribution < -0.4 is 0 Å². The van der Waals surface area contributed by atoms with Crippen molar-refractivity contribution in [2.45, 2.75) is 64.2 Å². The third-order valence-electron chi connectivity index (χ3n) is 5.50. The summed E-state index contributed by atoms with van der Waals surface area (Å²) in [4.78, 5) is 13.9. The van der Waals surface area contributed by atoms with Gasteiger partial charge in [0.2, 0.25) is 0 Å². The molecule has 1 heterocycles. The van der Waals surface area contributed by atoms with E-state index in [1.165, 1.54) is 44.0 Å². The molecule has 0 saturated heterocycles. The van der Waals surface area contributed by atoms with E-state index in [2.05, 4.69) is 71.0 Å². The van der Waals surface area contributed by atoms with Gasteiger partial charge >= 0.3 is 5.97 Å². The van der Waals surface area contributed by atoms with Crippen molar-refractivity contribution in [3.05, 3.63) is 75.0 Å². The zero-order chi connectivity index (χ0) is 22.6. The van der Waals surface area contributed by atoms with Gasteiger partial charge in [0.25, 0.3) is 0 Å². The van der Waals surface area contributed by atoms with Crippen LogP contribution in [0.3, 0.4) is 0 Å². The summed E-state index contributed by atoms with van der Waals surface area (Å²) < 4.78 is 0. The Kier molecular flexibility index (Phi) is 7.66. The van der Waals surface area contributed by atoms with E-state index in [1.807, 2.05) is 17.8 Å². The van der Waals surface area contributed by atoms with E-state index in [0.29, 0.717) is 4.88 Å². The summed E-state index contributed by atoms with van der Waals surface area (Å²) in [6, 6.07) is 17.3. The number of benzene rings is 2. The molecule has 2 nitrogen and oxygen atoms in total. The number of rotatable bonds is 8. The number of unbranched alkanes of at least 4 members (excludes halogenated alkanes) is 1. The minimum atomic E-state index is -0.828. The van der Waals surface area contributed by atoms with Crippen LogP contribution in [0.1, 0.15) is 64.9 Å². The van der Waals surface area contributed by atoms with Crippen molar-refractivity contribution in [3.8, 4) is 11.1 Å². The predicted molar refractivity (Wildman–Crippen MR) is 135 cm³/mol. The van der Waals surface area contributed by atoms with Crippen molar-refractivity contribution in [2.24, 2.45) is 0 Å². The van der Waals surface area contributed by atoms with Gasteiger partial charge in [-0.25, -0.2) is 4.79 Å². The summed E-state index contributed by atoms with van der Waals surface area (Å²) in [5, 5.41) is 9.02. The van der Waals surface area contributed by atoms with Crippen LogP contribution in [-0.2, 0) is 11.8 Å². The summed E-state index contributed by atoms with van der Waals surface area (Å²) >= 11 is 3.31. The number of aromatic carboxylic acids is 1. The van der Waals surface area contributed by atoms with Crippen LogP contribution >= 0.6 is 23.1 Å². The number of thiophene rings is 1. The van der Waals surface area contributed by atoms with Crippen LogP contribution in [0.5, 0.6) is 0 Å². The van der Waals surface area contributed by atoms with Gasteiger partial charge in [-0.2, -0.15) is 0 Å². The van der Waals surface area contributed by atoms with Crippen LogP contribution in [-0.4, -0.2) is 16.8 Å². The molecule has 0 radical (unpaired) electrons. The number of aryl methyl sites for hydroxylation is 3. The SMILES string of the molecule is Cc1cc(SCCCCc2ccc(C(=O)O)s2)cc(C)c1-c1ccc(C(C)(C)C)cc1. The number of hydrogen-bond acceptors (Lipinski definition) is 3. The second-order valence-electron chi connectivity index (χ2n) is 9.14. The molecule has 0 aliphatic rings. The van der Waals surface area contributed by atoms with E-state index in [-0.39, 0.29) is 5.41 Å². The van der Waals surface area contributed by atoms with Gasteiger partial charge in [0.15, 0.2) is 0 Å². The largest absolute Gasteiger partial charge is 0.477 e. The molecular formula is C27H32O2S2. The highest BCUT2D eigenvalue weighted by Gasteiger charge is 2.14. The molecule has 0 saturated carbocycles. The third-order valence-corrected chi connectivity index (χ3v) is 7.70. The Morgan fingerprint density at radius 2 is 1.61 bits per heavy atom. The smallest absolute Gasteiger partial charge is 0.345 e. The first-order valence-corrected chi connectivity index (χ1v) is 12.6. The molecule has 0 amide bonds. The molecule has 164 valence electrons. The summed E-state index contributed by atoms with van der Waals surface area (Å²) in [6.07, 6.45) is 3.17. The Bertz CT molecular complexity index is 1020. The molecule has 4 heteroatoms. The molecule has 0 aliphatic heterocycles. The van der Waals surface area contributed by atoms with Gasteiger partial charge in [-0.15, -0.1) is 23.1 Å². The van der Waals surface area contributed by atoms with Gasteiger partial charge in [-0.3, -0.25) is 0 Å². The third kappa shape index (κ3) is 6.24. The lowest BCUT2D eigenvalue weighted by atomic mass is 9.85. The molecular weight excluding hydrogens is 420 g/mol. The molecule has 2 aromatic carbocycles. The number of thioether (sulfide) groups is 1.